The first kappa shape index (κ1) is 13.5. The summed E-state index contributed by atoms with van der Waals surface area (Å²) in [6.07, 6.45) is 1.52. The summed E-state index contributed by atoms with van der Waals surface area (Å²) in [6, 6.07) is 2.80. The second kappa shape index (κ2) is 5.64. The lowest BCUT2D eigenvalue weighted by Crippen LogP contribution is -2.34. The molecular formula is C11H12BrN3O2. The van der Waals surface area contributed by atoms with Crippen molar-refractivity contribution in [2.45, 2.75) is 19.9 Å². The van der Waals surface area contributed by atoms with Crippen LogP contribution in [0, 0.1) is 17.2 Å². The standard InChI is InChI=1S/C11H12BrN3O2/c1-6(2)9(11(16)17)15-10-7(4-13)3-8(12)5-14-10/h3,5-6,9H,1-2H3,(H,14,15)(H,16,17)/t9-/m1/s1. The molecule has 0 saturated heterocycles. The molecule has 0 saturated carbocycles. The van der Waals surface area contributed by atoms with E-state index in [4.69, 9.17) is 10.4 Å². The van der Waals surface area contributed by atoms with Crippen LogP contribution in [0.4, 0.5) is 5.82 Å². The Hall–Kier alpha value is -1.61. The number of rotatable bonds is 4. The number of hydrogen-bond acceptors (Lipinski definition) is 4. The van der Waals surface area contributed by atoms with E-state index in [0.717, 1.165) is 0 Å². The van der Waals surface area contributed by atoms with Crippen LogP contribution in [-0.4, -0.2) is 22.1 Å². The van der Waals surface area contributed by atoms with Gasteiger partial charge in [0.25, 0.3) is 0 Å². The maximum absolute atomic E-state index is 11.0. The Morgan fingerprint density at radius 3 is 2.76 bits per heavy atom. The number of anilines is 1. The maximum atomic E-state index is 11.0. The van der Waals surface area contributed by atoms with Crippen molar-refractivity contribution in [3.8, 4) is 6.07 Å². The van der Waals surface area contributed by atoms with Crippen LogP contribution in [0.25, 0.3) is 0 Å². The van der Waals surface area contributed by atoms with Crippen molar-refractivity contribution in [2.24, 2.45) is 5.92 Å². The van der Waals surface area contributed by atoms with Crippen molar-refractivity contribution in [3.63, 3.8) is 0 Å². The topological polar surface area (TPSA) is 86.0 Å². The van der Waals surface area contributed by atoms with Crippen molar-refractivity contribution in [3.05, 3.63) is 22.3 Å². The van der Waals surface area contributed by atoms with Crippen LogP contribution >= 0.6 is 15.9 Å². The lowest BCUT2D eigenvalue weighted by molar-refractivity contribution is -0.138. The summed E-state index contributed by atoms with van der Waals surface area (Å²) >= 11 is 3.20. The molecule has 1 heterocycles. The van der Waals surface area contributed by atoms with Gasteiger partial charge in [0.1, 0.15) is 17.9 Å². The molecular weight excluding hydrogens is 286 g/mol. The number of carboxylic acid groups (broad SMARTS) is 1. The molecule has 0 radical (unpaired) electrons. The Morgan fingerprint density at radius 1 is 1.65 bits per heavy atom. The molecule has 0 bridgehead atoms. The van der Waals surface area contributed by atoms with Gasteiger partial charge in [-0.3, -0.25) is 0 Å². The summed E-state index contributed by atoms with van der Waals surface area (Å²) in [7, 11) is 0. The average Bonchev–Trinajstić information content (AvgIpc) is 2.26. The van der Waals surface area contributed by atoms with E-state index in [0.29, 0.717) is 10.0 Å². The van der Waals surface area contributed by atoms with Crippen molar-refractivity contribution < 1.29 is 9.90 Å². The van der Waals surface area contributed by atoms with Gasteiger partial charge in [-0.2, -0.15) is 5.26 Å². The third kappa shape index (κ3) is 3.43. The molecule has 0 spiro atoms. The minimum absolute atomic E-state index is 0.107. The largest absolute Gasteiger partial charge is 0.480 e. The number of carboxylic acids is 1. The molecule has 0 amide bonds. The van der Waals surface area contributed by atoms with Gasteiger partial charge in [-0.15, -0.1) is 0 Å². The number of aliphatic carboxylic acids is 1. The number of halogens is 1. The Labute approximate surface area is 108 Å². The van der Waals surface area contributed by atoms with Gasteiger partial charge < -0.3 is 10.4 Å². The second-order valence-electron chi connectivity index (χ2n) is 3.87. The van der Waals surface area contributed by atoms with Crippen LogP contribution in [0.3, 0.4) is 0 Å². The van der Waals surface area contributed by atoms with Crippen molar-refractivity contribution >= 4 is 27.7 Å². The van der Waals surface area contributed by atoms with E-state index in [9.17, 15) is 4.79 Å². The van der Waals surface area contributed by atoms with E-state index in [1.165, 1.54) is 6.20 Å². The highest BCUT2D eigenvalue weighted by Crippen LogP contribution is 2.19. The molecule has 2 N–H and O–H groups in total. The van der Waals surface area contributed by atoms with E-state index in [2.05, 4.69) is 26.2 Å². The first-order chi connectivity index (χ1) is 7.95. The van der Waals surface area contributed by atoms with Crippen LogP contribution in [0.15, 0.2) is 16.7 Å². The first-order valence-electron chi connectivity index (χ1n) is 5.00. The van der Waals surface area contributed by atoms with E-state index >= 15 is 0 Å². The number of carbonyl (C=O) groups is 1. The SMILES string of the molecule is CC(C)[C@@H](Nc1ncc(Br)cc1C#N)C(=O)O. The molecule has 0 aliphatic rings. The predicted octanol–water partition coefficient (Wildman–Crippen LogP) is 2.24. The number of aromatic nitrogens is 1. The fourth-order valence-corrected chi connectivity index (χ4v) is 1.63. The third-order valence-corrected chi connectivity index (χ3v) is 2.63. The molecule has 1 atom stereocenters. The molecule has 1 aromatic heterocycles. The molecule has 0 aliphatic heterocycles. The molecule has 0 aromatic carbocycles. The molecule has 1 rings (SSSR count). The van der Waals surface area contributed by atoms with Gasteiger partial charge in [0.05, 0.1) is 5.56 Å². The molecule has 5 nitrogen and oxygen atoms in total. The normalized spacial score (nSPS) is 11.9. The number of nitrogens with zero attached hydrogens (tertiary/aromatic N) is 2. The monoisotopic (exact) mass is 297 g/mol. The highest BCUT2D eigenvalue weighted by molar-refractivity contribution is 9.10. The van der Waals surface area contributed by atoms with Crippen molar-refractivity contribution in [1.82, 2.24) is 4.98 Å². The van der Waals surface area contributed by atoms with Crippen LogP contribution < -0.4 is 5.32 Å². The highest BCUT2D eigenvalue weighted by Gasteiger charge is 2.22. The molecule has 0 unspecified atom stereocenters. The third-order valence-electron chi connectivity index (χ3n) is 2.20. The lowest BCUT2D eigenvalue weighted by atomic mass is 10.0. The van der Waals surface area contributed by atoms with E-state index in [-0.39, 0.29) is 11.7 Å². The number of nitriles is 1. The quantitative estimate of drug-likeness (QED) is 0.890. The average molecular weight is 298 g/mol. The minimum atomic E-state index is -0.964. The van der Waals surface area contributed by atoms with Crippen molar-refractivity contribution in [2.75, 3.05) is 5.32 Å². The molecule has 6 heteroatoms. The number of nitrogens with one attached hydrogen (secondary N) is 1. The Balaban J connectivity index is 3.02. The molecule has 90 valence electrons. The first-order valence-corrected chi connectivity index (χ1v) is 5.80. The van der Waals surface area contributed by atoms with Crippen LogP contribution in [-0.2, 0) is 4.79 Å². The second-order valence-corrected chi connectivity index (χ2v) is 4.78. The summed E-state index contributed by atoms with van der Waals surface area (Å²) in [6.45, 7) is 3.58. The summed E-state index contributed by atoms with van der Waals surface area (Å²) in [5.41, 5.74) is 0.311. The van der Waals surface area contributed by atoms with Gasteiger partial charge in [-0.25, -0.2) is 9.78 Å². The van der Waals surface area contributed by atoms with Gasteiger partial charge in [-0.1, -0.05) is 13.8 Å². The van der Waals surface area contributed by atoms with Crippen LogP contribution in [0.2, 0.25) is 0 Å². The van der Waals surface area contributed by atoms with E-state index in [1.54, 1.807) is 19.9 Å². The summed E-state index contributed by atoms with van der Waals surface area (Å²) < 4.78 is 0.677. The fourth-order valence-electron chi connectivity index (χ4n) is 1.30. The zero-order valence-electron chi connectivity index (χ0n) is 9.44. The lowest BCUT2D eigenvalue weighted by Gasteiger charge is -2.19. The predicted molar refractivity (Wildman–Crippen MR) is 66.5 cm³/mol. The summed E-state index contributed by atoms with van der Waals surface area (Å²) in [4.78, 5) is 15.0. The smallest absolute Gasteiger partial charge is 0.326 e. The van der Waals surface area contributed by atoms with Gasteiger partial charge in [0, 0.05) is 10.7 Å². The maximum Gasteiger partial charge on any atom is 0.326 e. The fraction of sp³-hybridized carbons (Fsp3) is 0.364. The zero-order valence-corrected chi connectivity index (χ0v) is 11.0. The van der Waals surface area contributed by atoms with Gasteiger partial charge in [0.2, 0.25) is 0 Å². The zero-order chi connectivity index (χ0) is 13.0. The number of pyridine rings is 1. The molecule has 1 aromatic rings. The van der Waals surface area contributed by atoms with Crippen LogP contribution in [0.5, 0.6) is 0 Å². The van der Waals surface area contributed by atoms with E-state index < -0.39 is 12.0 Å². The Bertz CT molecular complexity index is 468. The van der Waals surface area contributed by atoms with Crippen LogP contribution in [0.1, 0.15) is 19.4 Å². The van der Waals surface area contributed by atoms with Gasteiger partial charge >= 0.3 is 5.97 Å². The minimum Gasteiger partial charge on any atom is -0.480 e. The molecule has 0 fully saturated rings. The van der Waals surface area contributed by atoms with Crippen molar-refractivity contribution in [1.29, 1.82) is 5.26 Å². The molecule has 0 aliphatic carbocycles. The highest BCUT2D eigenvalue weighted by atomic mass is 79.9. The Kier molecular flexibility index (Phi) is 4.46. The number of hydrogen-bond donors (Lipinski definition) is 2. The summed E-state index contributed by atoms with van der Waals surface area (Å²) in [5.74, 6) is -0.783. The van der Waals surface area contributed by atoms with Gasteiger partial charge in [-0.05, 0) is 27.9 Å². The summed E-state index contributed by atoms with van der Waals surface area (Å²) in [5, 5.41) is 20.7. The van der Waals surface area contributed by atoms with E-state index in [1.807, 2.05) is 6.07 Å². The Morgan fingerprint density at radius 2 is 2.29 bits per heavy atom. The molecule has 17 heavy (non-hydrogen) atoms. The van der Waals surface area contributed by atoms with Gasteiger partial charge in [0.15, 0.2) is 0 Å².